The first-order chi connectivity index (χ1) is 9.08. The largest absolute Gasteiger partial charge is 0.478 e. The molecule has 1 aromatic heterocycles. The summed E-state index contributed by atoms with van der Waals surface area (Å²) in [4.78, 5) is 14.8. The van der Waals surface area contributed by atoms with Crippen LogP contribution in [0.15, 0.2) is 24.5 Å². The minimum absolute atomic E-state index is 0.0174. The summed E-state index contributed by atoms with van der Waals surface area (Å²) in [5.74, 6) is -1.17. The Morgan fingerprint density at radius 1 is 1.37 bits per heavy atom. The van der Waals surface area contributed by atoms with E-state index < -0.39 is 5.97 Å². The molecule has 19 heavy (non-hydrogen) atoms. The summed E-state index contributed by atoms with van der Waals surface area (Å²) in [5.41, 5.74) is 6.02. The van der Waals surface area contributed by atoms with E-state index >= 15 is 0 Å². The zero-order valence-corrected chi connectivity index (χ0v) is 9.53. The molecule has 0 spiro atoms. The molecule has 0 aliphatic carbocycles. The van der Waals surface area contributed by atoms with Crippen LogP contribution in [0.3, 0.4) is 0 Å². The molecule has 0 radical (unpaired) electrons. The fourth-order valence-electron chi connectivity index (χ4n) is 1.61. The Hall–Kier alpha value is -3.32. The second kappa shape index (κ2) is 4.51. The third kappa shape index (κ3) is 1.96. The first kappa shape index (κ1) is 12.1. The normalized spacial score (nSPS) is 9.58. The van der Waals surface area contributed by atoms with Crippen LogP contribution in [0.2, 0.25) is 0 Å². The number of nitrogen functional groups attached to an aromatic ring is 1. The smallest absolute Gasteiger partial charge is 0.337 e. The number of hydrogen-bond acceptors (Lipinski definition) is 5. The fourth-order valence-corrected chi connectivity index (χ4v) is 1.61. The Labute approximate surface area is 107 Å². The third-order valence-electron chi connectivity index (χ3n) is 2.52. The van der Waals surface area contributed by atoms with Gasteiger partial charge >= 0.3 is 5.97 Å². The fraction of sp³-hybridized carbons (Fsp3) is 0. The maximum atomic E-state index is 11.0. The number of aromatic nitrogens is 2. The van der Waals surface area contributed by atoms with Gasteiger partial charge in [-0.3, -0.25) is 4.57 Å². The molecule has 0 fully saturated rings. The molecule has 7 heteroatoms. The Balaban J connectivity index is 2.65. The van der Waals surface area contributed by atoms with Crippen LogP contribution in [-0.2, 0) is 0 Å². The molecule has 0 saturated heterocycles. The van der Waals surface area contributed by atoms with Gasteiger partial charge in [0.25, 0.3) is 0 Å². The summed E-state index contributed by atoms with van der Waals surface area (Å²) >= 11 is 0. The molecule has 92 valence electrons. The number of benzene rings is 1. The van der Waals surface area contributed by atoms with Crippen LogP contribution in [-0.4, -0.2) is 20.6 Å². The molecule has 1 aromatic carbocycles. The zero-order valence-electron chi connectivity index (χ0n) is 9.53. The van der Waals surface area contributed by atoms with E-state index in [1.807, 2.05) is 6.07 Å². The highest BCUT2D eigenvalue weighted by molar-refractivity contribution is 5.94. The van der Waals surface area contributed by atoms with Crippen molar-refractivity contribution >= 4 is 11.7 Å². The van der Waals surface area contributed by atoms with Crippen molar-refractivity contribution in [2.24, 2.45) is 0 Å². The van der Waals surface area contributed by atoms with E-state index in [0.717, 1.165) is 0 Å². The molecule has 0 saturated carbocycles. The van der Waals surface area contributed by atoms with Crippen LogP contribution >= 0.6 is 0 Å². The van der Waals surface area contributed by atoms with Crippen molar-refractivity contribution in [1.29, 1.82) is 10.5 Å². The average Bonchev–Trinajstić information content (AvgIpc) is 2.81. The SMILES string of the molecule is N#Cc1ncn(-c2ccc(N)c(C(=O)O)c2)c1C#N. The zero-order chi connectivity index (χ0) is 14.0. The van der Waals surface area contributed by atoms with Crippen LogP contribution in [0.4, 0.5) is 5.69 Å². The number of carboxylic acid groups (broad SMARTS) is 1. The molecule has 0 aliphatic heterocycles. The molecule has 2 rings (SSSR count). The minimum Gasteiger partial charge on any atom is -0.478 e. The van der Waals surface area contributed by atoms with Gasteiger partial charge in [-0.05, 0) is 18.2 Å². The van der Waals surface area contributed by atoms with Gasteiger partial charge in [0.1, 0.15) is 18.5 Å². The molecule has 0 amide bonds. The van der Waals surface area contributed by atoms with Crippen molar-refractivity contribution in [2.45, 2.75) is 0 Å². The number of nitrogens with two attached hydrogens (primary N) is 1. The summed E-state index contributed by atoms with van der Waals surface area (Å²) in [5, 5.41) is 26.8. The minimum atomic E-state index is -1.17. The van der Waals surface area contributed by atoms with Crippen LogP contribution < -0.4 is 5.73 Å². The van der Waals surface area contributed by atoms with E-state index in [-0.39, 0.29) is 22.6 Å². The summed E-state index contributed by atoms with van der Waals surface area (Å²) in [6.45, 7) is 0. The summed E-state index contributed by atoms with van der Waals surface area (Å²) < 4.78 is 1.34. The van der Waals surface area contributed by atoms with E-state index in [1.54, 1.807) is 12.1 Å². The summed E-state index contributed by atoms with van der Waals surface area (Å²) in [6, 6.07) is 7.94. The Morgan fingerprint density at radius 2 is 2.11 bits per heavy atom. The van der Waals surface area contributed by atoms with Crippen molar-refractivity contribution in [3.05, 3.63) is 41.5 Å². The van der Waals surface area contributed by atoms with Gasteiger partial charge < -0.3 is 10.8 Å². The molecule has 7 nitrogen and oxygen atoms in total. The lowest BCUT2D eigenvalue weighted by molar-refractivity contribution is 0.0698. The van der Waals surface area contributed by atoms with Gasteiger partial charge in [0.15, 0.2) is 11.4 Å². The van der Waals surface area contributed by atoms with Crippen molar-refractivity contribution in [1.82, 2.24) is 9.55 Å². The number of hydrogen-bond donors (Lipinski definition) is 2. The first-order valence-corrected chi connectivity index (χ1v) is 5.09. The van der Waals surface area contributed by atoms with Gasteiger partial charge in [0.05, 0.1) is 5.56 Å². The summed E-state index contributed by atoms with van der Waals surface area (Å²) in [6.07, 6.45) is 1.29. The maximum Gasteiger partial charge on any atom is 0.337 e. The van der Waals surface area contributed by atoms with Gasteiger partial charge in [-0.1, -0.05) is 0 Å². The van der Waals surface area contributed by atoms with E-state index in [4.69, 9.17) is 21.4 Å². The number of anilines is 1. The lowest BCUT2D eigenvalue weighted by Gasteiger charge is -2.07. The van der Waals surface area contributed by atoms with Crippen LogP contribution in [0.5, 0.6) is 0 Å². The molecule has 2 aromatic rings. The van der Waals surface area contributed by atoms with Crippen LogP contribution in [0.1, 0.15) is 21.7 Å². The second-order valence-electron chi connectivity index (χ2n) is 3.61. The average molecular weight is 253 g/mol. The van der Waals surface area contributed by atoms with Crippen LogP contribution in [0, 0.1) is 22.7 Å². The third-order valence-corrected chi connectivity index (χ3v) is 2.52. The second-order valence-corrected chi connectivity index (χ2v) is 3.61. The van der Waals surface area contributed by atoms with E-state index in [2.05, 4.69) is 4.98 Å². The molecule has 0 aliphatic rings. The number of carboxylic acids is 1. The highest BCUT2D eigenvalue weighted by Crippen LogP contribution is 2.19. The van der Waals surface area contributed by atoms with Gasteiger partial charge in [-0.25, -0.2) is 9.78 Å². The maximum absolute atomic E-state index is 11.0. The molecular formula is C12H7N5O2. The monoisotopic (exact) mass is 253 g/mol. The van der Waals surface area contributed by atoms with E-state index in [1.165, 1.54) is 23.0 Å². The predicted molar refractivity (Wildman–Crippen MR) is 64.4 cm³/mol. The number of imidazole rings is 1. The Kier molecular flexibility index (Phi) is 2.88. The highest BCUT2D eigenvalue weighted by Gasteiger charge is 2.14. The lowest BCUT2D eigenvalue weighted by Crippen LogP contribution is -2.05. The number of carbonyl (C=O) groups is 1. The molecule has 1 heterocycles. The highest BCUT2D eigenvalue weighted by atomic mass is 16.4. The van der Waals surface area contributed by atoms with Crippen molar-refractivity contribution in [2.75, 3.05) is 5.73 Å². The number of rotatable bonds is 2. The van der Waals surface area contributed by atoms with Crippen molar-refractivity contribution in [3.63, 3.8) is 0 Å². The predicted octanol–water partition coefficient (Wildman–Crippen LogP) is 0.896. The van der Waals surface area contributed by atoms with Gasteiger partial charge in [-0.2, -0.15) is 10.5 Å². The Morgan fingerprint density at radius 3 is 2.68 bits per heavy atom. The number of aromatic carboxylic acids is 1. The molecule has 0 atom stereocenters. The molecule has 3 N–H and O–H groups in total. The van der Waals surface area contributed by atoms with Gasteiger partial charge in [0, 0.05) is 11.4 Å². The lowest BCUT2D eigenvalue weighted by atomic mass is 10.1. The number of nitrogens with zero attached hydrogens (tertiary/aromatic N) is 4. The molecular weight excluding hydrogens is 246 g/mol. The summed E-state index contributed by atoms with van der Waals surface area (Å²) in [7, 11) is 0. The van der Waals surface area contributed by atoms with Crippen molar-refractivity contribution < 1.29 is 9.90 Å². The quantitative estimate of drug-likeness (QED) is 0.765. The van der Waals surface area contributed by atoms with Crippen LogP contribution in [0.25, 0.3) is 5.69 Å². The molecule has 0 unspecified atom stereocenters. The van der Waals surface area contributed by atoms with E-state index in [9.17, 15) is 4.79 Å². The number of nitriles is 2. The topological polar surface area (TPSA) is 129 Å². The standard InChI is InChI=1S/C12H7N5O2/c13-4-10-11(5-14)17(6-16-10)7-1-2-9(15)8(3-7)12(18)19/h1-3,6H,15H2,(H,18,19). The van der Waals surface area contributed by atoms with E-state index in [0.29, 0.717) is 5.69 Å². The van der Waals surface area contributed by atoms with Crippen molar-refractivity contribution in [3.8, 4) is 17.8 Å². The molecule has 0 bridgehead atoms. The first-order valence-electron chi connectivity index (χ1n) is 5.09. The van der Waals surface area contributed by atoms with Gasteiger partial charge in [0.2, 0.25) is 0 Å². The Bertz CT molecular complexity index is 748. The van der Waals surface area contributed by atoms with Gasteiger partial charge in [-0.15, -0.1) is 0 Å².